The number of hydrogen-bond donors (Lipinski definition) is 3. The van der Waals surface area contributed by atoms with E-state index in [-0.39, 0.29) is 6.10 Å². The number of aliphatic hydroxyl groups excluding tert-OH is 1. The van der Waals surface area contributed by atoms with Crippen molar-refractivity contribution < 1.29 is 10.2 Å². The maximum absolute atomic E-state index is 9.54. The number of rotatable bonds is 6. The molecule has 0 saturated heterocycles. The molecular weight excluding hydrogens is 250 g/mol. The summed E-state index contributed by atoms with van der Waals surface area (Å²) in [5.41, 5.74) is 1.35. The predicted molar refractivity (Wildman–Crippen MR) is 82.0 cm³/mol. The van der Waals surface area contributed by atoms with Crippen molar-refractivity contribution >= 4 is 0 Å². The second kappa shape index (κ2) is 7.65. The molecule has 3 N–H and O–H groups in total. The molecule has 112 valence electrons. The summed E-state index contributed by atoms with van der Waals surface area (Å²) < 4.78 is 0. The smallest absolute Gasteiger partial charge is 0.115 e. The van der Waals surface area contributed by atoms with Crippen molar-refractivity contribution in [3.05, 3.63) is 29.8 Å². The normalized spacial score (nSPS) is 24.5. The fourth-order valence-electron chi connectivity index (χ4n) is 3.04. The van der Waals surface area contributed by atoms with E-state index in [1.165, 1.54) is 31.2 Å². The highest BCUT2D eigenvalue weighted by Gasteiger charge is 2.21. The molecule has 1 aliphatic rings. The Hall–Kier alpha value is -1.06. The number of phenolic OH excluding ortho intramolecular Hbond substituents is 1. The quantitative estimate of drug-likeness (QED) is 0.748. The number of aliphatic hydroxyl groups is 1. The number of nitrogens with one attached hydrogen (secondary N) is 1. The topological polar surface area (TPSA) is 52.5 Å². The van der Waals surface area contributed by atoms with Crippen LogP contribution in [-0.2, 0) is 0 Å². The van der Waals surface area contributed by atoms with Crippen LogP contribution in [-0.4, -0.2) is 28.9 Å². The van der Waals surface area contributed by atoms with Gasteiger partial charge in [-0.3, -0.25) is 0 Å². The lowest BCUT2D eigenvalue weighted by molar-refractivity contribution is 0.157. The number of benzene rings is 1. The van der Waals surface area contributed by atoms with Crippen LogP contribution < -0.4 is 5.32 Å². The summed E-state index contributed by atoms with van der Waals surface area (Å²) in [4.78, 5) is 0. The van der Waals surface area contributed by atoms with Crippen molar-refractivity contribution in [1.82, 2.24) is 5.32 Å². The number of aromatic hydroxyl groups is 1. The number of phenols is 1. The van der Waals surface area contributed by atoms with E-state index in [0.717, 1.165) is 19.4 Å². The third-order valence-corrected chi connectivity index (χ3v) is 4.47. The van der Waals surface area contributed by atoms with E-state index < -0.39 is 0 Å². The van der Waals surface area contributed by atoms with Crippen LogP contribution in [0.3, 0.4) is 0 Å². The van der Waals surface area contributed by atoms with Crippen molar-refractivity contribution in [2.45, 2.75) is 63.5 Å². The van der Waals surface area contributed by atoms with Crippen LogP contribution >= 0.6 is 0 Å². The Morgan fingerprint density at radius 1 is 1.15 bits per heavy atom. The first-order chi connectivity index (χ1) is 9.69. The summed E-state index contributed by atoms with van der Waals surface area (Å²) in [7, 11) is 0. The Bertz CT molecular complexity index is 382. The average molecular weight is 277 g/mol. The molecule has 0 amide bonds. The van der Waals surface area contributed by atoms with Gasteiger partial charge in [0.2, 0.25) is 0 Å². The molecule has 1 unspecified atom stereocenters. The maximum atomic E-state index is 9.54. The minimum Gasteiger partial charge on any atom is -0.508 e. The van der Waals surface area contributed by atoms with Crippen molar-refractivity contribution in [2.75, 3.05) is 6.54 Å². The van der Waals surface area contributed by atoms with Gasteiger partial charge in [0.15, 0.2) is 0 Å². The van der Waals surface area contributed by atoms with Gasteiger partial charge in [0.25, 0.3) is 0 Å². The molecule has 0 radical (unpaired) electrons. The van der Waals surface area contributed by atoms with Gasteiger partial charge in [-0.05, 0) is 68.7 Å². The largest absolute Gasteiger partial charge is 0.508 e. The van der Waals surface area contributed by atoms with Gasteiger partial charge in [-0.25, -0.2) is 0 Å². The second-order valence-electron chi connectivity index (χ2n) is 5.94. The molecule has 1 aliphatic carbocycles. The van der Waals surface area contributed by atoms with Gasteiger partial charge in [0.05, 0.1) is 6.10 Å². The molecule has 3 nitrogen and oxygen atoms in total. The van der Waals surface area contributed by atoms with Crippen molar-refractivity contribution in [3.8, 4) is 5.75 Å². The standard InChI is InChI=1S/C17H27NO2/c1-2-16(19)11-12-18-15-7-3-13(4-8-15)14-5-9-17(20)10-6-14/h5-6,9-10,13,15-16,18-20H,2-4,7-8,11-12H2,1H3. The fraction of sp³-hybridized carbons (Fsp3) is 0.647. The molecule has 0 aliphatic heterocycles. The molecule has 0 aromatic heterocycles. The zero-order chi connectivity index (χ0) is 14.4. The second-order valence-corrected chi connectivity index (χ2v) is 5.94. The first kappa shape index (κ1) is 15.3. The molecule has 20 heavy (non-hydrogen) atoms. The van der Waals surface area contributed by atoms with Crippen LogP contribution in [0, 0.1) is 0 Å². The van der Waals surface area contributed by atoms with Gasteiger partial charge in [-0.1, -0.05) is 19.1 Å². The Labute approximate surface area is 122 Å². The monoisotopic (exact) mass is 277 g/mol. The first-order valence-electron chi connectivity index (χ1n) is 7.89. The predicted octanol–water partition coefficient (Wildman–Crippen LogP) is 3.17. The van der Waals surface area contributed by atoms with E-state index in [2.05, 4.69) is 5.32 Å². The summed E-state index contributed by atoms with van der Waals surface area (Å²) in [6, 6.07) is 8.27. The lowest BCUT2D eigenvalue weighted by Gasteiger charge is -2.29. The molecule has 1 saturated carbocycles. The molecule has 3 heteroatoms. The van der Waals surface area contributed by atoms with E-state index in [0.29, 0.717) is 17.7 Å². The van der Waals surface area contributed by atoms with Crippen LogP contribution in [0.2, 0.25) is 0 Å². The molecule has 1 atom stereocenters. The minimum absolute atomic E-state index is 0.157. The summed E-state index contributed by atoms with van der Waals surface area (Å²) in [6.07, 6.45) is 6.36. The zero-order valence-corrected chi connectivity index (χ0v) is 12.4. The molecule has 1 aromatic carbocycles. The van der Waals surface area contributed by atoms with Gasteiger partial charge in [0, 0.05) is 6.04 Å². The molecule has 0 heterocycles. The van der Waals surface area contributed by atoms with E-state index in [1.807, 2.05) is 19.1 Å². The Morgan fingerprint density at radius 3 is 2.40 bits per heavy atom. The zero-order valence-electron chi connectivity index (χ0n) is 12.4. The molecule has 0 bridgehead atoms. The highest BCUT2D eigenvalue weighted by molar-refractivity contribution is 5.28. The van der Waals surface area contributed by atoms with Gasteiger partial charge in [-0.2, -0.15) is 0 Å². The highest BCUT2D eigenvalue weighted by Crippen LogP contribution is 2.33. The van der Waals surface area contributed by atoms with Crippen LogP contribution in [0.25, 0.3) is 0 Å². The molecule has 0 spiro atoms. The lowest BCUT2D eigenvalue weighted by Crippen LogP contribution is -2.34. The molecule has 1 fully saturated rings. The SMILES string of the molecule is CCC(O)CCNC1CCC(c2ccc(O)cc2)CC1. The summed E-state index contributed by atoms with van der Waals surface area (Å²) in [5, 5.41) is 22.4. The number of hydrogen-bond acceptors (Lipinski definition) is 3. The third-order valence-electron chi connectivity index (χ3n) is 4.47. The van der Waals surface area contributed by atoms with E-state index in [9.17, 15) is 10.2 Å². The van der Waals surface area contributed by atoms with Gasteiger partial charge < -0.3 is 15.5 Å². The fourth-order valence-corrected chi connectivity index (χ4v) is 3.04. The van der Waals surface area contributed by atoms with Gasteiger partial charge >= 0.3 is 0 Å². The Balaban J connectivity index is 1.71. The van der Waals surface area contributed by atoms with Crippen molar-refractivity contribution in [2.24, 2.45) is 0 Å². The third kappa shape index (κ3) is 4.50. The van der Waals surface area contributed by atoms with Crippen LogP contribution in [0.4, 0.5) is 0 Å². The van der Waals surface area contributed by atoms with E-state index >= 15 is 0 Å². The first-order valence-corrected chi connectivity index (χ1v) is 7.89. The Kier molecular flexibility index (Phi) is 5.86. The maximum Gasteiger partial charge on any atom is 0.115 e. The van der Waals surface area contributed by atoms with E-state index in [4.69, 9.17) is 0 Å². The molecular formula is C17H27NO2. The van der Waals surface area contributed by atoms with Crippen LogP contribution in [0.5, 0.6) is 5.75 Å². The van der Waals surface area contributed by atoms with Crippen molar-refractivity contribution in [3.63, 3.8) is 0 Å². The molecule has 2 rings (SSSR count). The summed E-state index contributed by atoms with van der Waals surface area (Å²) in [6.45, 7) is 2.94. The van der Waals surface area contributed by atoms with Crippen LogP contribution in [0.15, 0.2) is 24.3 Å². The Morgan fingerprint density at radius 2 is 1.80 bits per heavy atom. The van der Waals surface area contributed by atoms with E-state index in [1.54, 1.807) is 12.1 Å². The van der Waals surface area contributed by atoms with Gasteiger partial charge in [0.1, 0.15) is 5.75 Å². The minimum atomic E-state index is -0.157. The average Bonchev–Trinajstić information content (AvgIpc) is 2.48. The molecule has 1 aromatic rings. The lowest BCUT2D eigenvalue weighted by atomic mass is 9.81. The van der Waals surface area contributed by atoms with Gasteiger partial charge in [-0.15, -0.1) is 0 Å². The summed E-state index contributed by atoms with van der Waals surface area (Å²) in [5.74, 6) is 0.980. The van der Waals surface area contributed by atoms with Crippen molar-refractivity contribution in [1.29, 1.82) is 0 Å². The highest BCUT2D eigenvalue weighted by atomic mass is 16.3. The summed E-state index contributed by atoms with van der Waals surface area (Å²) >= 11 is 0. The van der Waals surface area contributed by atoms with Crippen LogP contribution in [0.1, 0.15) is 56.9 Å².